The van der Waals surface area contributed by atoms with E-state index in [1.165, 1.54) is 5.56 Å². The summed E-state index contributed by atoms with van der Waals surface area (Å²) in [5, 5.41) is 16.5. The lowest BCUT2D eigenvalue weighted by molar-refractivity contribution is -0.128. The molecule has 0 atom stereocenters. The Morgan fingerprint density at radius 1 is 1.21 bits per heavy atom. The van der Waals surface area contributed by atoms with Gasteiger partial charge in [-0.3, -0.25) is 14.9 Å². The van der Waals surface area contributed by atoms with Crippen molar-refractivity contribution in [2.45, 2.75) is 26.2 Å². The van der Waals surface area contributed by atoms with Gasteiger partial charge in [-0.05, 0) is 36.1 Å². The summed E-state index contributed by atoms with van der Waals surface area (Å²) in [5.74, 6) is 0.556. The summed E-state index contributed by atoms with van der Waals surface area (Å²) in [6.07, 6.45) is 6.67. The van der Waals surface area contributed by atoms with E-state index in [-0.39, 0.29) is 5.91 Å². The second-order valence-corrected chi connectivity index (χ2v) is 7.75. The minimum Gasteiger partial charge on any atom is -0.391 e. The van der Waals surface area contributed by atoms with E-state index in [9.17, 15) is 4.79 Å². The molecule has 0 spiro atoms. The highest BCUT2D eigenvalue weighted by atomic mass is 16.2. The van der Waals surface area contributed by atoms with Crippen molar-refractivity contribution in [3.05, 3.63) is 47.4 Å². The molecule has 4 rings (SSSR count). The molecule has 7 nitrogen and oxygen atoms in total. The maximum absolute atomic E-state index is 11.9. The average Bonchev–Trinajstić information content (AvgIpc) is 3.18. The zero-order chi connectivity index (χ0) is 20.5. The number of aryl methyl sites for hydroxylation is 2. The minimum absolute atomic E-state index is 0.0607. The first-order chi connectivity index (χ1) is 14.0. The second-order valence-electron chi connectivity index (χ2n) is 7.75. The Bertz CT molecular complexity index is 989. The first kappa shape index (κ1) is 19.2. The van der Waals surface area contributed by atoms with Crippen LogP contribution in [0.5, 0.6) is 0 Å². The van der Waals surface area contributed by atoms with Crippen molar-refractivity contribution in [3.63, 3.8) is 0 Å². The van der Waals surface area contributed by atoms with Gasteiger partial charge in [-0.2, -0.15) is 5.10 Å². The summed E-state index contributed by atoms with van der Waals surface area (Å²) in [7, 11) is 3.82. The fraction of sp³-hybridized carbons (Fsp3) is 0.409. The van der Waals surface area contributed by atoms with Gasteiger partial charge in [-0.1, -0.05) is 6.07 Å². The number of carbonyl (C=O) groups is 1. The monoisotopic (exact) mass is 392 g/mol. The van der Waals surface area contributed by atoms with Gasteiger partial charge in [-0.15, -0.1) is 0 Å². The fourth-order valence-corrected chi connectivity index (χ4v) is 4.27. The predicted octanol–water partition coefficient (Wildman–Crippen LogP) is 2.54. The van der Waals surface area contributed by atoms with Crippen LogP contribution >= 0.6 is 0 Å². The molecule has 2 aromatic rings. The van der Waals surface area contributed by atoms with E-state index in [0.29, 0.717) is 18.9 Å². The number of anilines is 1. The summed E-state index contributed by atoms with van der Waals surface area (Å²) in [4.78, 5) is 15.8. The molecule has 3 heterocycles. The Labute approximate surface area is 171 Å². The van der Waals surface area contributed by atoms with E-state index < -0.39 is 0 Å². The largest absolute Gasteiger partial charge is 0.391 e. The van der Waals surface area contributed by atoms with E-state index in [0.717, 1.165) is 53.9 Å². The van der Waals surface area contributed by atoms with Crippen molar-refractivity contribution >= 4 is 17.4 Å². The molecule has 1 aromatic carbocycles. The predicted molar refractivity (Wildman–Crippen MR) is 115 cm³/mol. The van der Waals surface area contributed by atoms with Crippen LogP contribution in [0, 0.1) is 5.41 Å². The topological polar surface area (TPSA) is 77.2 Å². The summed E-state index contributed by atoms with van der Waals surface area (Å²) in [6, 6.07) is 6.45. The highest BCUT2D eigenvalue weighted by Gasteiger charge is 2.28. The summed E-state index contributed by atoms with van der Waals surface area (Å²) in [6.45, 7) is 3.61. The summed E-state index contributed by atoms with van der Waals surface area (Å²) in [5.41, 5.74) is 6.59. The Hall–Kier alpha value is -3.09. The third-order valence-corrected chi connectivity index (χ3v) is 5.88. The van der Waals surface area contributed by atoms with Gasteiger partial charge in [0.15, 0.2) is 0 Å². The lowest BCUT2D eigenvalue weighted by Crippen LogP contribution is -2.44. The van der Waals surface area contributed by atoms with Crippen LogP contribution < -0.4 is 10.2 Å². The van der Waals surface area contributed by atoms with Crippen LogP contribution in [0.25, 0.3) is 11.1 Å². The number of hydrogen-bond acceptors (Lipinski definition) is 4. The zero-order valence-electron chi connectivity index (χ0n) is 17.3. The van der Waals surface area contributed by atoms with E-state index >= 15 is 0 Å². The van der Waals surface area contributed by atoms with Crippen LogP contribution in [-0.4, -0.2) is 53.1 Å². The van der Waals surface area contributed by atoms with E-state index in [1.807, 2.05) is 36.1 Å². The summed E-state index contributed by atoms with van der Waals surface area (Å²) >= 11 is 0. The molecule has 2 aliphatic heterocycles. The molecule has 0 bridgehead atoms. The Balaban J connectivity index is 1.66. The van der Waals surface area contributed by atoms with Crippen LogP contribution in [0.4, 0.5) is 5.69 Å². The van der Waals surface area contributed by atoms with Crippen molar-refractivity contribution in [3.8, 4) is 11.1 Å². The van der Waals surface area contributed by atoms with Crippen LogP contribution in [0.15, 0.2) is 41.9 Å². The highest BCUT2D eigenvalue weighted by Crippen LogP contribution is 2.33. The van der Waals surface area contributed by atoms with Gasteiger partial charge in [0.25, 0.3) is 0 Å². The minimum atomic E-state index is 0.0607. The molecule has 7 heteroatoms. The molecule has 2 aliphatic rings. The van der Waals surface area contributed by atoms with Crippen LogP contribution in [-0.2, 0) is 18.3 Å². The third-order valence-electron chi connectivity index (χ3n) is 5.88. The van der Waals surface area contributed by atoms with Gasteiger partial charge in [0, 0.05) is 69.2 Å². The average molecular weight is 393 g/mol. The Morgan fingerprint density at radius 3 is 2.72 bits per heavy atom. The van der Waals surface area contributed by atoms with Crippen LogP contribution in [0.3, 0.4) is 0 Å². The molecule has 0 fully saturated rings. The first-order valence-electron chi connectivity index (χ1n) is 10.1. The molecule has 1 amide bonds. The van der Waals surface area contributed by atoms with Gasteiger partial charge in [-0.25, -0.2) is 0 Å². The molecule has 29 heavy (non-hydrogen) atoms. The number of rotatable bonds is 3. The molecule has 0 radical (unpaired) electrons. The number of nitrogens with one attached hydrogen (secondary N) is 2. The normalized spacial score (nSPS) is 16.7. The van der Waals surface area contributed by atoms with Crippen LogP contribution in [0.2, 0.25) is 0 Å². The number of amides is 1. The number of aromatic nitrogens is 2. The molecule has 1 aromatic heterocycles. The smallest absolute Gasteiger partial charge is 0.219 e. The van der Waals surface area contributed by atoms with Crippen LogP contribution in [0.1, 0.15) is 25.3 Å². The molecule has 0 aliphatic carbocycles. The molecular weight excluding hydrogens is 364 g/mol. The summed E-state index contributed by atoms with van der Waals surface area (Å²) < 4.78 is 1.81. The fourth-order valence-electron chi connectivity index (χ4n) is 4.27. The second kappa shape index (κ2) is 7.73. The molecule has 0 saturated heterocycles. The molecular formula is C22H28N6O. The lowest BCUT2D eigenvalue weighted by atomic mass is 9.95. The Kier molecular flexibility index (Phi) is 5.13. The van der Waals surface area contributed by atoms with E-state index in [4.69, 9.17) is 5.41 Å². The zero-order valence-corrected chi connectivity index (χ0v) is 17.3. The van der Waals surface area contributed by atoms with Crippen molar-refractivity contribution in [1.82, 2.24) is 20.0 Å². The Morgan fingerprint density at radius 2 is 2.03 bits per heavy atom. The van der Waals surface area contributed by atoms with Crippen molar-refractivity contribution in [2.75, 3.05) is 31.6 Å². The molecule has 0 saturated carbocycles. The quantitative estimate of drug-likeness (QED) is 0.622. The number of carbonyl (C=O) groups excluding carboxylic acids is 1. The highest BCUT2D eigenvalue weighted by molar-refractivity contribution is 6.09. The third kappa shape index (κ3) is 3.64. The lowest BCUT2D eigenvalue weighted by Gasteiger charge is -2.36. The van der Waals surface area contributed by atoms with Crippen molar-refractivity contribution < 1.29 is 4.79 Å². The number of hydrogen-bond donors (Lipinski definition) is 2. The first-order valence-corrected chi connectivity index (χ1v) is 10.1. The number of fused-ring (bicyclic) bond motifs is 1. The standard InChI is InChI=1S/C22H28N6O/c1-15(29)27-10-8-20(24-2)19(14-27)22(23)28-9-4-5-17-11-16(6-7-21(17)28)18-12-25-26(3)13-18/h6-7,11-13,23-24H,4-5,8-10,14H2,1-3H3. The van der Waals surface area contributed by atoms with Gasteiger partial charge in [0.1, 0.15) is 5.84 Å². The van der Waals surface area contributed by atoms with Crippen molar-refractivity contribution in [1.29, 1.82) is 5.41 Å². The van der Waals surface area contributed by atoms with E-state index in [1.54, 1.807) is 6.92 Å². The molecule has 0 unspecified atom stereocenters. The number of benzene rings is 1. The molecule has 2 N–H and O–H groups in total. The number of nitrogens with zero attached hydrogens (tertiary/aromatic N) is 4. The van der Waals surface area contributed by atoms with Gasteiger partial charge < -0.3 is 15.1 Å². The van der Waals surface area contributed by atoms with Gasteiger partial charge in [0.2, 0.25) is 5.91 Å². The van der Waals surface area contributed by atoms with Gasteiger partial charge >= 0.3 is 0 Å². The van der Waals surface area contributed by atoms with E-state index in [2.05, 4.69) is 33.5 Å². The maximum atomic E-state index is 11.9. The van der Waals surface area contributed by atoms with Crippen molar-refractivity contribution in [2.24, 2.45) is 7.05 Å². The number of amidine groups is 1. The maximum Gasteiger partial charge on any atom is 0.219 e. The van der Waals surface area contributed by atoms with Gasteiger partial charge in [0.05, 0.1) is 12.7 Å². The SMILES string of the molecule is CNC1=C(C(=N)N2CCCc3cc(-c4cnn(C)c4)ccc32)CN(C(C)=O)CC1. The molecule has 152 valence electrons.